The summed E-state index contributed by atoms with van der Waals surface area (Å²) in [4.78, 5) is 30.1. The number of carbonyl (C=O) groups excluding carboxylic acids is 2. The number of rotatable bonds is 11. The second kappa shape index (κ2) is 12.2. The number of amides is 1. The molecule has 1 amide bonds. The highest BCUT2D eigenvalue weighted by Crippen LogP contribution is 2.32. The molecule has 1 aromatic heterocycles. The fourth-order valence-corrected chi connectivity index (χ4v) is 3.83. The predicted molar refractivity (Wildman–Crippen MR) is 143 cm³/mol. The first-order valence-corrected chi connectivity index (χ1v) is 12.9. The van der Waals surface area contributed by atoms with Crippen LogP contribution in [0.25, 0.3) is 11.3 Å². The molecule has 0 bridgehead atoms. The molecule has 3 N–H and O–H groups in total. The largest absolute Gasteiger partial charge is 0.492 e. The summed E-state index contributed by atoms with van der Waals surface area (Å²) >= 11 is 0. The number of hydrogen-bond acceptors (Lipinski definition) is 6. The first kappa shape index (κ1) is 27.3. The van der Waals surface area contributed by atoms with Gasteiger partial charge in [0.1, 0.15) is 24.2 Å². The molecule has 1 saturated carbocycles. The molecule has 200 valence electrons. The van der Waals surface area contributed by atoms with Gasteiger partial charge in [0.05, 0.1) is 17.9 Å². The Morgan fingerprint density at radius 2 is 1.95 bits per heavy atom. The lowest BCUT2D eigenvalue weighted by Gasteiger charge is -2.16. The quantitative estimate of drug-likeness (QED) is 0.348. The fraction of sp³-hybridized carbons (Fsp3) is 0.367. The molecular formula is C30H34FN3O4. The van der Waals surface area contributed by atoms with Gasteiger partial charge in [-0.3, -0.25) is 14.6 Å². The first-order chi connectivity index (χ1) is 18.2. The number of pyridine rings is 1. The second-order valence-corrected chi connectivity index (χ2v) is 10.1. The molecule has 7 nitrogen and oxygen atoms in total. The summed E-state index contributed by atoms with van der Waals surface area (Å²) in [5.74, 6) is -0.200. The Kier molecular flexibility index (Phi) is 8.73. The van der Waals surface area contributed by atoms with Crippen LogP contribution in [0.5, 0.6) is 5.75 Å². The Bertz CT molecular complexity index is 1310. The van der Waals surface area contributed by atoms with E-state index in [1.54, 1.807) is 43.5 Å². The molecule has 3 aromatic rings. The van der Waals surface area contributed by atoms with Crippen LogP contribution in [0.1, 0.15) is 53.7 Å². The maximum Gasteiger partial charge on any atom is 0.323 e. The van der Waals surface area contributed by atoms with Crippen molar-refractivity contribution in [2.45, 2.75) is 52.8 Å². The molecule has 1 aliphatic carbocycles. The molecular weight excluding hydrogens is 485 g/mol. The molecule has 0 spiro atoms. The van der Waals surface area contributed by atoms with Crippen molar-refractivity contribution in [2.75, 3.05) is 6.61 Å². The van der Waals surface area contributed by atoms with E-state index in [0.717, 1.165) is 12.8 Å². The summed E-state index contributed by atoms with van der Waals surface area (Å²) < 4.78 is 25.4. The highest BCUT2D eigenvalue weighted by Gasteiger charge is 2.24. The normalized spacial score (nSPS) is 13.7. The first-order valence-electron chi connectivity index (χ1n) is 12.9. The molecule has 1 aliphatic rings. The van der Waals surface area contributed by atoms with Crippen molar-refractivity contribution in [1.29, 1.82) is 0 Å². The van der Waals surface area contributed by atoms with Crippen LogP contribution >= 0.6 is 0 Å². The highest BCUT2D eigenvalue weighted by molar-refractivity contribution is 5.98. The van der Waals surface area contributed by atoms with Gasteiger partial charge in [-0.2, -0.15) is 0 Å². The molecule has 1 fully saturated rings. The van der Waals surface area contributed by atoms with Crippen molar-refractivity contribution in [3.8, 4) is 17.0 Å². The lowest BCUT2D eigenvalue weighted by atomic mass is 10.0. The van der Waals surface area contributed by atoms with Gasteiger partial charge in [0.2, 0.25) is 0 Å². The van der Waals surface area contributed by atoms with E-state index >= 15 is 0 Å². The zero-order valence-corrected chi connectivity index (χ0v) is 22.0. The Morgan fingerprint density at radius 3 is 2.66 bits per heavy atom. The SMILES string of the molecule is Cc1ccc(CNC(=O)c2cc(-c3ncccc3COC(=O)[C@@H](N)C(C)C)ccc2OCC2CC2)cc1F. The zero-order chi connectivity index (χ0) is 27.2. The van der Waals surface area contributed by atoms with Crippen molar-refractivity contribution in [2.24, 2.45) is 17.6 Å². The highest BCUT2D eigenvalue weighted by atomic mass is 19.1. The molecule has 4 rings (SSSR count). The number of nitrogens with one attached hydrogen (secondary N) is 1. The van der Waals surface area contributed by atoms with Crippen LogP contribution in [0.2, 0.25) is 0 Å². The van der Waals surface area contributed by atoms with Gasteiger partial charge < -0.3 is 20.5 Å². The number of aromatic nitrogens is 1. The lowest BCUT2D eigenvalue weighted by molar-refractivity contribution is -0.147. The predicted octanol–water partition coefficient (Wildman–Crippen LogP) is 4.94. The molecule has 38 heavy (non-hydrogen) atoms. The Balaban J connectivity index is 1.57. The maximum atomic E-state index is 14.0. The van der Waals surface area contributed by atoms with Crippen LogP contribution < -0.4 is 15.8 Å². The molecule has 8 heteroatoms. The minimum Gasteiger partial charge on any atom is -0.492 e. The molecule has 2 aromatic carbocycles. The minimum atomic E-state index is -0.713. The number of hydrogen-bond donors (Lipinski definition) is 2. The van der Waals surface area contributed by atoms with Crippen LogP contribution in [-0.2, 0) is 22.7 Å². The van der Waals surface area contributed by atoms with E-state index in [9.17, 15) is 14.0 Å². The van der Waals surface area contributed by atoms with Crippen molar-refractivity contribution in [1.82, 2.24) is 10.3 Å². The molecule has 1 atom stereocenters. The average molecular weight is 520 g/mol. The number of esters is 1. The van der Waals surface area contributed by atoms with Gasteiger partial charge in [0.25, 0.3) is 5.91 Å². The maximum absolute atomic E-state index is 14.0. The van der Waals surface area contributed by atoms with Crippen molar-refractivity contribution in [3.63, 3.8) is 0 Å². The Hall–Kier alpha value is -3.78. The average Bonchev–Trinajstić information content (AvgIpc) is 3.75. The number of carbonyl (C=O) groups is 2. The van der Waals surface area contributed by atoms with Gasteiger partial charge in [-0.15, -0.1) is 0 Å². The molecule has 0 aliphatic heterocycles. The third-order valence-electron chi connectivity index (χ3n) is 6.61. The third kappa shape index (κ3) is 6.95. The van der Waals surface area contributed by atoms with Crippen LogP contribution in [0.4, 0.5) is 4.39 Å². The van der Waals surface area contributed by atoms with E-state index in [-0.39, 0.29) is 30.8 Å². The standard InChI is InChI=1S/C30H34FN3O4/c1-18(2)27(32)30(36)38-17-23-5-4-12-33-28(23)22-10-11-26(37-16-20-8-9-20)24(14-22)29(35)34-15-21-7-6-19(3)25(31)13-21/h4-7,10-14,18,20,27H,8-9,15-17,32H2,1-3H3,(H,34,35)/t27-/m0/s1. The summed E-state index contributed by atoms with van der Waals surface area (Å²) in [7, 11) is 0. The van der Waals surface area contributed by atoms with Gasteiger partial charge in [-0.05, 0) is 73.1 Å². The van der Waals surface area contributed by atoms with Gasteiger partial charge in [0, 0.05) is 23.9 Å². The van der Waals surface area contributed by atoms with E-state index in [0.29, 0.717) is 51.8 Å². The van der Waals surface area contributed by atoms with Gasteiger partial charge in [-0.25, -0.2) is 4.39 Å². The fourth-order valence-electron chi connectivity index (χ4n) is 3.83. The Morgan fingerprint density at radius 1 is 1.16 bits per heavy atom. The van der Waals surface area contributed by atoms with E-state index < -0.39 is 12.0 Å². The Labute approximate surface area is 222 Å². The molecule has 1 heterocycles. The van der Waals surface area contributed by atoms with E-state index in [2.05, 4.69) is 10.3 Å². The number of nitrogens with two attached hydrogens (primary N) is 1. The van der Waals surface area contributed by atoms with Crippen molar-refractivity contribution < 1.29 is 23.5 Å². The molecule has 0 unspecified atom stereocenters. The smallest absolute Gasteiger partial charge is 0.323 e. The summed E-state index contributed by atoms with van der Waals surface area (Å²) in [6, 6.07) is 13.1. The third-order valence-corrected chi connectivity index (χ3v) is 6.61. The topological polar surface area (TPSA) is 104 Å². The van der Waals surface area contributed by atoms with Gasteiger partial charge >= 0.3 is 5.97 Å². The number of nitrogens with zero attached hydrogens (tertiary/aromatic N) is 1. The number of halogens is 1. The molecule has 0 radical (unpaired) electrons. The summed E-state index contributed by atoms with van der Waals surface area (Å²) in [5, 5.41) is 2.87. The van der Waals surface area contributed by atoms with Crippen LogP contribution in [-0.4, -0.2) is 29.5 Å². The lowest BCUT2D eigenvalue weighted by Crippen LogP contribution is -2.36. The summed E-state index contributed by atoms with van der Waals surface area (Å²) in [5.41, 5.74) is 9.42. The molecule has 0 saturated heterocycles. The zero-order valence-electron chi connectivity index (χ0n) is 22.0. The number of aryl methyl sites for hydroxylation is 1. The van der Waals surface area contributed by atoms with Crippen molar-refractivity contribution >= 4 is 11.9 Å². The van der Waals surface area contributed by atoms with E-state index in [1.165, 1.54) is 6.07 Å². The summed E-state index contributed by atoms with van der Waals surface area (Å²) in [6.45, 7) is 6.13. The van der Waals surface area contributed by atoms with Gasteiger partial charge in [0.15, 0.2) is 0 Å². The minimum absolute atomic E-state index is 0.00285. The van der Waals surface area contributed by atoms with Crippen LogP contribution in [0, 0.1) is 24.6 Å². The second-order valence-electron chi connectivity index (χ2n) is 10.1. The van der Waals surface area contributed by atoms with Crippen molar-refractivity contribution in [3.05, 3.63) is 82.8 Å². The van der Waals surface area contributed by atoms with Crippen LogP contribution in [0.3, 0.4) is 0 Å². The van der Waals surface area contributed by atoms with E-state index in [4.69, 9.17) is 15.2 Å². The monoisotopic (exact) mass is 519 g/mol. The van der Waals surface area contributed by atoms with Gasteiger partial charge in [-0.1, -0.05) is 32.0 Å². The number of benzene rings is 2. The number of ether oxygens (including phenoxy) is 2. The van der Waals surface area contributed by atoms with E-state index in [1.807, 2.05) is 26.0 Å². The van der Waals surface area contributed by atoms with Crippen LogP contribution in [0.15, 0.2) is 54.7 Å². The summed E-state index contributed by atoms with van der Waals surface area (Å²) in [6.07, 6.45) is 3.88.